The van der Waals surface area contributed by atoms with E-state index < -0.39 is 19.2 Å². The molecule has 4 heteroatoms. The van der Waals surface area contributed by atoms with Crippen molar-refractivity contribution in [3.8, 4) is 0 Å². The Labute approximate surface area is 123 Å². The Bertz CT molecular complexity index is 478. The molecule has 0 heterocycles. The average Bonchev–Trinajstić information content (AvgIpc) is 3.06. The first kappa shape index (κ1) is 14.9. The molecule has 0 spiro atoms. The molecule has 0 aromatic rings. The van der Waals surface area contributed by atoms with Gasteiger partial charge in [0.25, 0.3) is 0 Å². The minimum absolute atomic E-state index is 0.581. The van der Waals surface area contributed by atoms with E-state index in [0.717, 1.165) is 18.4 Å². The van der Waals surface area contributed by atoms with Gasteiger partial charge in [-0.15, -0.1) is 0 Å². The van der Waals surface area contributed by atoms with Crippen LogP contribution in [0.4, 0.5) is 0 Å². The SMILES string of the molecule is COC([O][Hf]([Cl])([C]1=CC=CC1)[C]1=CC=CC1)=C(C)C. The fourth-order valence-electron chi connectivity index (χ4n) is 2.18. The molecule has 2 rings (SSSR count). The summed E-state index contributed by atoms with van der Waals surface area (Å²) >= 11 is -3.66. The molecule has 0 aromatic heterocycles. The van der Waals surface area contributed by atoms with Gasteiger partial charge in [-0.1, -0.05) is 0 Å². The first-order valence-electron chi connectivity index (χ1n) is 6.39. The third kappa shape index (κ3) is 3.14. The molecule has 0 saturated carbocycles. The van der Waals surface area contributed by atoms with E-state index in [4.69, 9.17) is 16.2 Å². The molecule has 0 bridgehead atoms. The molecule has 0 amide bonds. The van der Waals surface area contributed by atoms with Gasteiger partial charge in [0, 0.05) is 0 Å². The van der Waals surface area contributed by atoms with Crippen molar-refractivity contribution in [2.24, 2.45) is 0 Å². The van der Waals surface area contributed by atoms with Crippen molar-refractivity contribution in [1.82, 2.24) is 0 Å². The van der Waals surface area contributed by atoms with Gasteiger partial charge in [-0.2, -0.15) is 0 Å². The van der Waals surface area contributed by atoms with E-state index in [9.17, 15) is 0 Å². The summed E-state index contributed by atoms with van der Waals surface area (Å²) in [5.74, 6) is 0.581. The molecular weight excluding hydrogens is 426 g/mol. The predicted molar refractivity (Wildman–Crippen MR) is 76.0 cm³/mol. The maximum absolute atomic E-state index is 7.04. The molecule has 102 valence electrons. The third-order valence-corrected chi connectivity index (χ3v) is 18.1. The Hall–Kier alpha value is -0.540. The molecule has 2 aliphatic rings. The molecule has 0 saturated heterocycles. The van der Waals surface area contributed by atoms with E-state index in [1.165, 1.54) is 6.66 Å². The van der Waals surface area contributed by atoms with Crippen LogP contribution in [-0.2, 0) is 26.8 Å². The summed E-state index contributed by atoms with van der Waals surface area (Å²) in [4.78, 5) is 0. The fraction of sp³-hybridized carbons (Fsp3) is 0.333. The zero-order valence-electron chi connectivity index (χ0n) is 11.6. The van der Waals surface area contributed by atoms with Crippen molar-refractivity contribution < 1.29 is 26.8 Å². The van der Waals surface area contributed by atoms with Crippen molar-refractivity contribution in [3.05, 3.63) is 54.6 Å². The topological polar surface area (TPSA) is 18.5 Å². The summed E-state index contributed by atoms with van der Waals surface area (Å²) < 4.78 is 14.1. The average molecular weight is 445 g/mol. The van der Waals surface area contributed by atoms with Crippen LogP contribution in [0.25, 0.3) is 0 Å². The number of rotatable bonds is 5. The minimum atomic E-state index is -3.66. The standard InChI is InChI=1S/C5H10O2.2C5H5.ClH.Hf/c1-4(2)5(6)7-3;2*1-2-4-5-3-1;;/h6H,1-3H3;2*1-3H,4H2;1H;/q;;;;+2/p-2. The van der Waals surface area contributed by atoms with E-state index >= 15 is 0 Å². The Balaban J connectivity index is 2.32. The van der Waals surface area contributed by atoms with Crippen molar-refractivity contribution in [2.45, 2.75) is 26.7 Å². The van der Waals surface area contributed by atoms with Crippen LogP contribution in [0, 0.1) is 0 Å². The Morgan fingerprint density at radius 1 is 1.11 bits per heavy atom. The Kier molecular flexibility index (Phi) is 4.91. The molecular formula is C15H19ClHfO2. The molecule has 19 heavy (non-hydrogen) atoms. The van der Waals surface area contributed by atoms with Gasteiger partial charge in [0.05, 0.1) is 0 Å². The van der Waals surface area contributed by atoms with Crippen LogP contribution >= 0.6 is 8.58 Å². The van der Waals surface area contributed by atoms with Gasteiger partial charge >= 0.3 is 124 Å². The first-order chi connectivity index (χ1) is 9.08. The van der Waals surface area contributed by atoms with E-state index in [2.05, 4.69) is 36.5 Å². The van der Waals surface area contributed by atoms with E-state index in [1.807, 2.05) is 13.8 Å². The van der Waals surface area contributed by atoms with Gasteiger partial charge in [0.2, 0.25) is 0 Å². The van der Waals surface area contributed by atoms with Crippen LogP contribution in [-0.4, -0.2) is 7.11 Å². The number of halogens is 1. The Morgan fingerprint density at radius 2 is 1.63 bits per heavy atom. The zero-order valence-corrected chi connectivity index (χ0v) is 15.9. The second-order valence-electron chi connectivity index (χ2n) is 4.84. The van der Waals surface area contributed by atoms with Gasteiger partial charge in [-0.3, -0.25) is 0 Å². The van der Waals surface area contributed by atoms with Crippen LogP contribution in [0.2, 0.25) is 0 Å². The summed E-state index contributed by atoms with van der Waals surface area (Å²) in [6.45, 7) is 3.96. The Morgan fingerprint density at radius 3 is 1.95 bits per heavy atom. The second-order valence-corrected chi connectivity index (χ2v) is 18.8. The van der Waals surface area contributed by atoms with Crippen molar-refractivity contribution >= 4 is 8.58 Å². The van der Waals surface area contributed by atoms with Gasteiger partial charge in [0.1, 0.15) is 0 Å². The fourth-order valence-corrected chi connectivity index (χ4v) is 14.4. The molecule has 0 fully saturated rings. The molecule has 2 nitrogen and oxygen atoms in total. The van der Waals surface area contributed by atoms with Crippen LogP contribution in [0.1, 0.15) is 26.7 Å². The third-order valence-electron chi connectivity index (χ3n) is 3.20. The van der Waals surface area contributed by atoms with Crippen LogP contribution in [0.5, 0.6) is 0 Å². The van der Waals surface area contributed by atoms with Crippen molar-refractivity contribution in [2.75, 3.05) is 7.11 Å². The number of hydrogen-bond acceptors (Lipinski definition) is 2. The normalized spacial score (nSPS) is 17.3. The van der Waals surface area contributed by atoms with E-state index in [1.54, 1.807) is 7.11 Å². The second kappa shape index (κ2) is 6.27. The summed E-state index contributed by atoms with van der Waals surface area (Å²) in [5.41, 5.74) is 1.02. The molecule has 0 atom stereocenters. The summed E-state index contributed by atoms with van der Waals surface area (Å²) in [5, 5.41) is 0. The van der Waals surface area contributed by atoms with Gasteiger partial charge < -0.3 is 0 Å². The molecule has 0 radical (unpaired) electrons. The van der Waals surface area contributed by atoms with Gasteiger partial charge in [-0.05, 0) is 0 Å². The number of hydrogen-bond donors (Lipinski definition) is 0. The van der Waals surface area contributed by atoms with E-state index in [-0.39, 0.29) is 0 Å². The molecule has 0 aromatic carbocycles. The monoisotopic (exact) mass is 446 g/mol. The van der Waals surface area contributed by atoms with Crippen LogP contribution < -0.4 is 0 Å². The van der Waals surface area contributed by atoms with Crippen LogP contribution in [0.3, 0.4) is 0 Å². The zero-order chi connectivity index (χ0) is 13.9. The molecule has 2 aliphatic carbocycles. The number of ether oxygens (including phenoxy) is 1. The van der Waals surface area contributed by atoms with Crippen molar-refractivity contribution in [1.29, 1.82) is 0 Å². The predicted octanol–water partition coefficient (Wildman–Crippen LogP) is 4.81. The first-order valence-corrected chi connectivity index (χ1v) is 15.9. The summed E-state index contributed by atoms with van der Waals surface area (Å²) in [7, 11) is 8.67. The quantitative estimate of drug-likeness (QED) is 0.447. The van der Waals surface area contributed by atoms with Crippen LogP contribution in [0.15, 0.2) is 54.6 Å². The van der Waals surface area contributed by atoms with Gasteiger partial charge in [0.15, 0.2) is 0 Å². The number of methoxy groups -OCH3 is 1. The summed E-state index contributed by atoms with van der Waals surface area (Å²) in [6.07, 6.45) is 14.4. The molecule has 0 N–H and O–H groups in total. The number of allylic oxidation sites excluding steroid dienone is 9. The maximum atomic E-state index is 7.04. The molecule has 0 aliphatic heterocycles. The van der Waals surface area contributed by atoms with Gasteiger partial charge in [-0.25, -0.2) is 0 Å². The van der Waals surface area contributed by atoms with Crippen molar-refractivity contribution in [3.63, 3.8) is 0 Å². The summed E-state index contributed by atoms with van der Waals surface area (Å²) in [6, 6.07) is 0. The molecule has 0 unspecified atom stereocenters. The van der Waals surface area contributed by atoms with E-state index in [0.29, 0.717) is 5.95 Å².